The van der Waals surface area contributed by atoms with Crippen LogP contribution >= 0.6 is 0 Å². The molecule has 0 bridgehead atoms. The van der Waals surface area contributed by atoms with E-state index in [1.807, 2.05) is 12.3 Å². The van der Waals surface area contributed by atoms with Gasteiger partial charge in [0.25, 0.3) is 0 Å². The van der Waals surface area contributed by atoms with Gasteiger partial charge in [0.2, 0.25) is 0 Å². The van der Waals surface area contributed by atoms with Crippen LogP contribution in [0.25, 0.3) is 0 Å². The molecule has 0 aromatic carbocycles. The number of aromatic nitrogens is 1. The summed E-state index contributed by atoms with van der Waals surface area (Å²) in [6.45, 7) is 4.36. The van der Waals surface area contributed by atoms with Crippen molar-refractivity contribution in [2.24, 2.45) is 0 Å². The van der Waals surface area contributed by atoms with Crippen molar-refractivity contribution < 1.29 is 0 Å². The van der Waals surface area contributed by atoms with Gasteiger partial charge in [-0.05, 0) is 50.6 Å². The molecule has 0 radical (unpaired) electrons. The van der Waals surface area contributed by atoms with Crippen LogP contribution in [0.2, 0.25) is 0 Å². The van der Waals surface area contributed by atoms with Gasteiger partial charge in [0, 0.05) is 19.3 Å². The fourth-order valence-electron chi connectivity index (χ4n) is 2.09. The summed E-state index contributed by atoms with van der Waals surface area (Å²) in [6.07, 6.45) is 4.32. The highest BCUT2D eigenvalue weighted by molar-refractivity contribution is 5.40. The number of pyridine rings is 1. The zero-order valence-corrected chi connectivity index (χ0v) is 9.53. The van der Waals surface area contributed by atoms with E-state index in [-0.39, 0.29) is 0 Å². The van der Waals surface area contributed by atoms with Gasteiger partial charge in [0.1, 0.15) is 5.82 Å². The third-order valence-corrected chi connectivity index (χ3v) is 3.12. The summed E-state index contributed by atoms with van der Waals surface area (Å²) in [5.41, 5.74) is 1.28. The molecule has 3 heteroatoms. The number of piperidine rings is 1. The summed E-state index contributed by atoms with van der Waals surface area (Å²) in [5, 5.41) is 3.39. The molecule has 3 nitrogen and oxygen atoms in total. The second-order valence-corrected chi connectivity index (χ2v) is 4.28. The second kappa shape index (κ2) is 4.62. The standard InChI is InChI=1S/C12H19N3/c1-10-3-8-14-12(9-10)15(2)11-4-6-13-7-5-11/h3,8-9,11,13H,4-7H2,1-2H3. The highest BCUT2D eigenvalue weighted by Gasteiger charge is 2.18. The summed E-state index contributed by atoms with van der Waals surface area (Å²) in [5.74, 6) is 1.10. The lowest BCUT2D eigenvalue weighted by Gasteiger charge is -2.32. The largest absolute Gasteiger partial charge is 0.357 e. The van der Waals surface area contributed by atoms with Gasteiger partial charge in [-0.1, -0.05) is 0 Å². The minimum Gasteiger partial charge on any atom is -0.357 e. The van der Waals surface area contributed by atoms with Crippen LogP contribution in [0.4, 0.5) is 5.82 Å². The van der Waals surface area contributed by atoms with Crippen LogP contribution in [0.3, 0.4) is 0 Å². The summed E-state index contributed by atoms with van der Waals surface area (Å²) < 4.78 is 0. The molecule has 1 aliphatic heterocycles. The minimum atomic E-state index is 0.639. The van der Waals surface area contributed by atoms with Crippen LogP contribution in [0.5, 0.6) is 0 Å². The number of hydrogen-bond acceptors (Lipinski definition) is 3. The SMILES string of the molecule is Cc1ccnc(N(C)C2CCNCC2)c1. The predicted molar refractivity (Wildman–Crippen MR) is 63.3 cm³/mol. The van der Waals surface area contributed by atoms with E-state index < -0.39 is 0 Å². The topological polar surface area (TPSA) is 28.2 Å². The third-order valence-electron chi connectivity index (χ3n) is 3.12. The zero-order valence-electron chi connectivity index (χ0n) is 9.53. The first kappa shape index (κ1) is 10.4. The van der Waals surface area contributed by atoms with Crippen molar-refractivity contribution in [3.8, 4) is 0 Å². The zero-order chi connectivity index (χ0) is 10.7. The summed E-state index contributed by atoms with van der Waals surface area (Å²) >= 11 is 0. The molecule has 1 aliphatic rings. The molecule has 1 fully saturated rings. The predicted octanol–water partition coefficient (Wildman–Crippen LogP) is 1.58. The Morgan fingerprint density at radius 3 is 2.80 bits per heavy atom. The molecule has 0 spiro atoms. The van der Waals surface area contributed by atoms with Gasteiger partial charge < -0.3 is 10.2 Å². The van der Waals surface area contributed by atoms with Gasteiger partial charge in [-0.15, -0.1) is 0 Å². The van der Waals surface area contributed by atoms with E-state index in [0.29, 0.717) is 6.04 Å². The van der Waals surface area contributed by atoms with Crippen molar-refractivity contribution in [3.63, 3.8) is 0 Å². The van der Waals surface area contributed by atoms with Crippen molar-refractivity contribution in [1.82, 2.24) is 10.3 Å². The van der Waals surface area contributed by atoms with Gasteiger partial charge >= 0.3 is 0 Å². The molecule has 1 aromatic rings. The molecule has 0 unspecified atom stereocenters. The van der Waals surface area contributed by atoms with E-state index in [1.165, 1.54) is 18.4 Å². The number of anilines is 1. The number of nitrogens with one attached hydrogen (secondary N) is 1. The molecule has 1 N–H and O–H groups in total. The normalized spacial score (nSPS) is 17.7. The maximum absolute atomic E-state index is 4.42. The van der Waals surface area contributed by atoms with Gasteiger partial charge in [-0.2, -0.15) is 0 Å². The Balaban J connectivity index is 2.08. The maximum Gasteiger partial charge on any atom is 0.128 e. The summed E-state index contributed by atoms with van der Waals surface area (Å²) in [7, 11) is 2.15. The Kier molecular flexibility index (Phi) is 3.21. The Morgan fingerprint density at radius 1 is 1.40 bits per heavy atom. The molecule has 0 aliphatic carbocycles. The van der Waals surface area contributed by atoms with Gasteiger partial charge in [-0.25, -0.2) is 4.98 Å². The molecule has 1 aromatic heterocycles. The molecule has 82 valence electrons. The van der Waals surface area contributed by atoms with Crippen molar-refractivity contribution in [3.05, 3.63) is 23.9 Å². The van der Waals surface area contributed by atoms with E-state index in [0.717, 1.165) is 18.9 Å². The van der Waals surface area contributed by atoms with Crippen molar-refractivity contribution in [2.75, 3.05) is 25.0 Å². The van der Waals surface area contributed by atoms with Crippen molar-refractivity contribution in [2.45, 2.75) is 25.8 Å². The molecule has 2 rings (SSSR count). The lowest BCUT2D eigenvalue weighted by molar-refractivity contribution is 0.441. The number of hydrogen-bond donors (Lipinski definition) is 1. The first-order chi connectivity index (χ1) is 7.27. The smallest absolute Gasteiger partial charge is 0.128 e. The highest BCUT2D eigenvalue weighted by atomic mass is 15.2. The highest BCUT2D eigenvalue weighted by Crippen LogP contribution is 2.18. The van der Waals surface area contributed by atoms with Gasteiger partial charge in [0.05, 0.1) is 0 Å². The lowest BCUT2D eigenvalue weighted by Crippen LogP contribution is -2.41. The average molecular weight is 205 g/mol. The fourth-order valence-corrected chi connectivity index (χ4v) is 2.09. The third kappa shape index (κ3) is 2.48. The van der Waals surface area contributed by atoms with Crippen LogP contribution in [0.1, 0.15) is 18.4 Å². The number of aryl methyl sites for hydroxylation is 1. The Labute approximate surface area is 91.5 Å². The number of nitrogens with zero attached hydrogens (tertiary/aromatic N) is 2. The van der Waals surface area contributed by atoms with E-state index >= 15 is 0 Å². The van der Waals surface area contributed by atoms with Crippen LogP contribution in [0.15, 0.2) is 18.3 Å². The van der Waals surface area contributed by atoms with E-state index in [2.05, 4.69) is 35.2 Å². The quantitative estimate of drug-likeness (QED) is 0.794. The van der Waals surface area contributed by atoms with Gasteiger partial charge in [0.15, 0.2) is 0 Å². The van der Waals surface area contributed by atoms with E-state index in [4.69, 9.17) is 0 Å². The molecule has 0 amide bonds. The van der Waals surface area contributed by atoms with Crippen LogP contribution < -0.4 is 10.2 Å². The van der Waals surface area contributed by atoms with E-state index in [1.54, 1.807) is 0 Å². The molecule has 0 atom stereocenters. The lowest BCUT2D eigenvalue weighted by atomic mass is 10.1. The molecule has 15 heavy (non-hydrogen) atoms. The van der Waals surface area contributed by atoms with Crippen LogP contribution in [0, 0.1) is 6.92 Å². The monoisotopic (exact) mass is 205 g/mol. The summed E-state index contributed by atoms with van der Waals surface area (Å²) in [6, 6.07) is 4.84. The average Bonchev–Trinajstić information content (AvgIpc) is 2.29. The Morgan fingerprint density at radius 2 is 2.13 bits per heavy atom. The van der Waals surface area contributed by atoms with Crippen LogP contribution in [-0.2, 0) is 0 Å². The first-order valence-corrected chi connectivity index (χ1v) is 5.63. The maximum atomic E-state index is 4.42. The fraction of sp³-hybridized carbons (Fsp3) is 0.583. The molecular formula is C12H19N3. The molecular weight excluding hydrogens is 186 g/mol. The van der Waals surface area contributed by atoms with Crippen molar-refractivity contribution >= 4 is 5.82 Å². The van der Waals surface area contributed by atoms with Crippen LogP contribution in [-0.4, -0.2) is 31.2 Å². The number of rotatable bonds is 2. The van der Waals surface area contributed by atoms with Gasteiger partial charge in [-0.3, -0.25) is 0 Å². The summed E-state index contributed by atoms with van der Waals surface area (Å²) in [4.78, 5) is 6.73. The molecule has 0 saturated carbocycles. The molecule has 2 heterocycles. The first-order valence-electron chi connectivity index (χ1n) is 5.63. The Bertz CT molecular complexity index is 318. The Hall–Kier alpha value is -1.09. The van der Waals surface area contributed by atoms with Crippen molar-refractivity contribution in [1.29, 1.82) is 0 Å². The molecule has 1 saturated heterocycles. The minimum absolute atomic E-state index is 0.639. The van der Waals surface area contributed by atoms with E-state index in [9.17, 15) is 0 Å². The second-order valence-electron chi connectivity index (χ2n) is 4.28.